The molecule has 3 N–H and O–H groups in total. The van der Waals surface area contributed by atoms with Crippen molar-refractivity contribution in [1.82, 2.24) is 0 Å². The summed E-state index contributed by atoms with van der Waals surface area (Å²) in [5, 5.41) is 0. The van der Waals surface area contributed by atoms with Crippen molar-refractivity contribution >= 4 is 28.1 Å². The minimum absolute atomic E-state index is 0. The summed E-state index contributed by atoms with van der Waals surface area (Å²) >= 11 is 0. The molecule has 0 unspecified atom stereocenters. The summed E-state index contributed by atoms with van der Waals surface area (Å²) in [6.45, 7) is 0.262. The van der Waals surface area contributed by atoms with Crippen molar-refractivity contribution in [3.8, 4) is 0 Å². The van der Waals surface area contributed by atoms with Crippen LogP contribution in [0.5, 0.6) is 0 Å². The van der Waals surface area contributed by atoms with E-state index >= 15 is 0 Å². The van der Waals surface area contributed by atoms with E-state index in [9.17, 15) is 17.2 Å². The van der Waals surface area contributed by atoms with Gasteiger partial charge in [0, 0.05) is 0 Å². The maximum absolute atomic E-state index is 13.4. The molecule has 0 radical (unpaired) electrons. The molecule has 0 aliphatic heterocycles. The number of halogens is 3. The second kappa shape index (κ2) is 6.13. The van der Waals surface area contributed by atoms with Crippen LogP contribution in [0, 0.1) is 11.6 Å². The third-order valence-corrected chi connectivity index (χ3v) is 2.40. The number of benzene rings is 1. The lowest BCUT2D eigenvalue weighted by Crippen LogP contribution is -2.13. The van der Waals surface area contributed by atoms with E-state index in [0.717, 1.165) is 18.4 Å². The number of hydrogen-bond donors (Lipinski definition) is 2. The molecule has 0 spiro atoms. The molecule has 1 rings (SSSR count). The Balaban J connectivity index is 0.00000256. The zero-order valence-electron chi connectivity index (χ0n) is 9.04. The van der Waals surface area contributed by atoms with Gasteiger partial charge >= 0.3 is 0 Å². The smallest absolute Gasteiger partial charge is 0.230 e. The lowest BCUT2D eigenvalue weighted by Gasteiger charge is -2.08. The molecule has 0 aliphatic carbocycles. The average Bonchev–Trinajstić information content (AvgIpc) is 2.10. The van der Waals surface area contributed by atoms with Gasteiger partial charge in [-0.05, 0) is 30.7 Å². The van der Waals surface area contributed by atoms with E-state index in [0.29, 0.717) is 12.0 Å². The van der Waals surface area contributed by atoms with E-state index in [-0.39, 0.29) is 19.0 Å². The van der Waals surface area contributed by atoms with E-state index in [1.54, 1.807) is 4.72 Å². The highest BCUT2D eigenvalue weighted by atomic mass is 35.5. The van der Waals surface area contributed by atoms with Crippen LogP contribution in [0.15, 0.2) is 12.1 Å². The molecule has 17 heavy (non-hydrogen) atoms. The Hall–Kier alpha value is -0.920. The summed E-state index contributed by atoms with van der Waals surface area (Å²) in [4.78, 5) is 0. The van der Waals surface area contributed by atoms with Crippen molar-refractivity contribution in [1.29, 1.82) is 0 Å². The number of sulfonamides is 1. The summed E-state index contributed by atoms with van der Waals surface area (Å²) in [5.74, 6) is -1.90. The van der Waals surface area contributed by atoms with Crippen LogP contribution >= 0.6 is 12.4 Å². The summed E-state index contributed by atoms with van der Waals surface area (Å²) in [5.41, 5.74) is 4.97. The third kappa shape index (κ3) is 4.84. The molecule has 1 aromatic rings. The monoisotopic (exact) mass is 286 g/mol. The topological polar surface area (TPSA) is 72.2 Å². The highest BCUT2D eigenvalue weighted by molar-refractivity contribution is 7.92. The van der Waals surface area contributed by atoms with E-state index in [1.807, 2.05) is 0 Å². The Morgan fingerprint density at radius 3 is 2.12 bits per heavy atom. The minimum atomic E-state index is -3.70. The van der Waals surface area contributed by atoms with Gasteiger partial charge in [-0.1, -0.05) is 0 Å². The summed E-state index contributed by atoms with van der Waals surface area (Å²) in [6.07, 6.45) is 1.15. The zero-order valence-corrected chi connectivity index (χ0v) is 10.7. The van der Waals surface area contributed by atoms with Gasteiger partial charge in [0.1, 0.15) is 5.69 Å². The number of anilines is 1. The first-order valence-electron chi connectivity index (χ1n) is 4.49. The largest absolute Gasteiger partial charge is 0.330 e. The van der Waals surface area contributed by atoms with Gasteiger partial charge < -0.3 is 5.73 Å². The molecular formula is C9H13ClF2N2O2S. The molecular weight excluding hydrogens is 274 g/mol. The van der Waals surface area contributed by atoms with E-state index < -0.39 is 27.3 Å². The van der Waals surface area contributed by atoms with Crippen LogP contribution in [0.25, 0.3) is 0 Å². The van der Waals surface area contributed by atoms with Crippen molar-refractivity contribution in [2.45, 2.75) is 6.42 Å². The van der Waals surface area contributed by atoms with E-state index in [4.69, 9.17) is 5.73 Å². The van der Waals surface area contributed by atoms with Crippen LogP contribution in [0.1, 0.15) is 5.56 Å². The van der Waals surface area contributed by atoms with Crippen LogP contribution in [0.4, 0.5) is 14.5 Å². The fourth-order valence-corrected chi connectivity index (χ4v) is 1.79. The van der Waals surface area contributed by atoms with Crippen molar-refractivity contribution in [3.05, 3.63) is 29.3 Å². The molecule has 0 aromatic heterocycles. The molecule has 8 heteroatoms. The summed E-state index contributed by atoms with van der Waals surface area (Å²) in [6, 6.07) is 2.12. The van der Waals surface area contributed by atoms with Crippen LogP contribution in [0.3, 0.4) is 0 Å². The van der Waals surface area contributed by atoms with Crippen molar-refractivity contribution < 1.29 is 17.2 Å². The van der Waals surface area contributed by atoms with Crippen molar-refractivity contribution in [3.63, 3.8) is 0 Å². The normalized spacial score (nSPS) is 10.8. The maximum Gasteiger partial charge on any atom is 0.230 e. The van der Waals surface area contributed by atoms with Gasteiger partial charge in [0.05, 0.1) is 6.26 Å². The molecule has 0 heterocycles. The van der Waals surface area contributed by atoms with Crippen LogP contribution in [0.2, 0.25) is 0 Å². The molecule has 98 valence electrons. The fraction of sp³-hybridized carbons (Fsp3) is 0.333. The van der Waals surface area contributed by atoms with E-state index in [2.05, 4.69) is 0 Å². The van der Waals surface area contributed by atoms with Gasteiger partial charge in [0.2, 0.25) is 10.0 Å². The summed E-state index contributed by atoms with van der Waals surface area (Å²) < 4.78 is 50.2. The molecule has 0 atom stereocenters. The fourth-order valence-electron chi connectivity index (χ4n) is 1.22. The van der Waals surface area contributed by atoms with Crippen molar-refractivity contribution in [2.24, 2.45) is 5.73 Å². The van der Waals surface area contributed by atoms with E-state index in [1.165, 1.54) is 0 Å². The number of nitrogens with one attached hydrogen (secondary N) is 1. The van der Waals surface area contributed by atoms with Gasteiger partial charge in [-0.3, -0.25) is 4.72 Å². The molecule has 0 aliphatic rings. The SMILES string of the molecule is CS(=O)(=O)Nc1c(F)cc(CCN)cc1F.Cl. The Kier molecular flexibility index (Phi) is 5.80. The quantitative estimate of drug-likeness (QED) is 0.875. The predicted octanol–water partition coefficient (Wildman–Crippen LogP) is 1.26. The summed E-state index contributed by atoms with van der Waals surface area (Å²) in [7, 11) is -3.70. The predicted molar refractivity (Wildman–Crippen MR) is 64.8 cm³/mol. The Labute approximate surface area is 105 Å². The highest BCUT2D eigenvalue weighted by Crippen LogP contribution is 2.21. The van der Waals surface area contributed by atoms with Crippen LogP contribution in [-0.4, -0.2) is 21.2 Å². The zero-order chi connectivity index (χ0) is 12.3. The van der Waals surface area contributed by atoms with Crippen LogP contribution < -0.4 is 10.5 Å². The second-order valence-corrected chi connectivity index (χ2v) is 5.10. The molecule has 0 saturated heterocycles. The third-order valence-electron chi connectivity index (χ3n) is 1.82. The van der Waals surface area contributed by atoms with Gasteiger partial charge in [-0.25, -0.2) is 17.2 Å². The minimum Gasteiger partial charge on any atom is -0.330 e. The first-order valence-corrected chi connectivity index (χ1v) is 6.38. The number of hydrogen-bond acceptors (Lipinski definition) is 3. The van der Waals surface area contributed by atoms with Gasteiger partial charge in [-0.15, -0.1) is 12.4 Å². The average molecular weight is 287 g/mol. The number of rotatable bonds is 4. The lowest BCUT2D eigenvalue weighted by molar-refractivity contribution is 0.582. The standard InChI is InChI=1S/C9H12F2N2O2S.ClH/c1-16(14,15)13-9-7(10)4-6(2-3-12)5-8(9)11;/h4-5,13H,2-3,12H2,1H3;1H. The maximum atomic E-state index is 13.4. The molecule has 0 amide bonds. The number of nitrogens with two attached hydrogens (primary N) is 1. The molecule has 0 fully saturated rings. The molecule has 4 nitrogen and oxygen atoms in total. The highest BCUT2D eigenvalue weighted by Gasteiger charge is 2.14. The second-order valence-electron chi connectivity index (χ2n) is 3.35. The first kappa shape index (κ1) is 16.1. The van der Waals surface area contributed by atoms with Crippen molar-refractivity contribution in [2.75, 3.05) is 17.5 Å². The van der Waals surface area contributed by atoms with Gasteiger partial charge in [0.25, 0.3) is 0 Å². The Bertz CT molecular complexity index is 471. The van der Waals surface area contributed by atoms with Crippen LogP contribution in [-0.2, 0) is 16.4 Å². The molecule has 0 bridgehead atoms. The Morgan fingerprint density at radius 2 is 1.76 bits per heavy atom. The first-order chi connectivity index (χ1) is 7.33. The Morgan fingerprint density at radius 1 is 1.29 bits per heavy atom. The molecule has 0 saturated carbocycles. The molecule has 1 aromatic carbocycles. The van der Waals surface area contributed by atoms with Gasteiger partial charge in [0.15, 0.2) is 11.6 Å². The lowest BCUT2D eigenvalue weighted by atomic mass is 10.1. The van der Waals surface area contributed by atoms with Gasteiger partial charge in [-0.2, -0.15) is 0 Å².